The van der Waals surface area contributed by atoms with E-state index in [-0.39, 0.29) is 37.0 Å². The molecule has 120 valence electrons. The fourth-order valence-corrected chi connectivity index (χ4v) is 3.17. The summed E-state index contributed by atoms with van der Waals surface area (Å²) < 4.78 is 0. The SMILES string of the molecule is CC1CCCC(C)N1C(=O)CN(C(=O)CN)c1ccccc1. The second-order valence-corrected chi connectivity index (χ2v) is 5.95. The van der Waals surface area contributed by atoms with E-state index in [1.54, 1.807) is 0 Å². The number of carbonyl (C=O) groups is 2. The van der Waals surface area contributed by atoms with E-state index in [2.05, 4.69) is 13.8 Å². The Kier molecular flexibility index (Phi) is 5.55. The third-order valence-corrected chi connectivity index (χ3v) is 4.32. The molecule has 0 radical (unpaired) electrons. The van der Waals surface area contributed by atoms with Crippen LogP contribution in [0, 0.1) is 0 Å². The van der Waals surface area contributed by atoms with Crippen LogP contribution in [0.25, 0.3) is 0 Å². The lowest BCUT2D eigenvalue weighted by Crippen LogP contribution is -2.52. The average Bonchev–Trinajstić information content (AvgIpc) is 2.52. The number of nitrogens with two attached hydrogens (primary N) is 1. The molecule has 2 atom stereocenters. The molecule has 1 heterocycles. The Morgan fingerprint density at radius 3 is 2.32 bits per heavy atom. The zero-order chi connectivity index (χ0) is 16.1. The fourth-order valence-electron chi connectivity index (χ4n) is 3.17. The quantitative estimate of drug-likeness (QED) is 0.922. The topological polar surface area (TPSA) is 66.6 Å². The molecule has 1 aliphatic heterocycles. The van der Waals surface area contributed by atoms with E-state index in [4.69, 9.17) is 5.73 Å². The predicted octanol–water partition coefficient (Wildman–Crippen LogP) is 1.77. The van der Waals surface area contributed by atoms with Gasteiger partial charge >= 0.3 is 0 Å². The maximum absolute atomic E-state index is 12.7. The van der Waals surface area contributed by atoms with Crippen LogP contribution in [0.1, 0.15) is 33.1 Å². The maximum Gasteiger partial charge on any atom is 0.243 e. The van der Waals surface area contributed by atoms with Gasteiger partial charge in [0.15, 0.2) is 0 Å². The van der Waals surface area contributed by atoms with Crippen molar-refractivity contribution in [2.75, 3.05) is 18.0 Å². The fraction of sp³-hybridized carbons (Fsp3) is 0.529. The first-order chi connectivity index (χ1) is 10.5. The van der Waals surface area contributed by atoms with E-state index in [0.29, 0.717) is 5.69 Å². The Morgan fingerprint density at radius 2 is 1.77 bits per heavy atom. The molecule has 1 aromatic carbocycles. The van der Waals surface area contributed by atoms with Crippen molar-refractivity contribution in [1.82, 2.24) is 4.90 Å². The summed E-state index contributed by atoms with van der Waals surface area (Å²) in [7, 11) is 0. The highest BCUT2D eigenvalue weighted by molar-refractivity contribution is 5.99. The highest BCUT2D eigenvalue weighted by atomic mass is 16.2. The molecule has 0 aromatic heterocycles. The van der Waals surface area contributed by atoms with Crippen molar-refractivity contribution in [3.8, 4) is 0 Å². The van der Waals surface area contributed by atoms with Crippen LogP contribution in [0.15, 0.2) is 30.3 Å². The van der Waals surface area contributed by atoms with Crippen molar-refractivity contribution < 1.29 is 9.59 Å². The maximum atomic E-state index is 12.7. The lowest BCUT2D eigenvalue weighted by molar-refractivity contribution is -0.136. The molecular weight excluding hydrogens is 278 g/mol. The first-order valence-corrected chi connectivity index (χ1v) is 7.91. The molecule has 1 aromatic rings. The Balaban J connectivity index is 2.16. The molecule has 22 heavy (non-hydrogen) atoms. The van der Waals surface area contributed by atoms with Crippen LogP contribution in [0.5, 0.6) is 0 Å². The van der Waals surface area contributed by atoms with Gasteiger partial charge in [0.2, 0.25) is 11.8 Å². The molecule has 0 spiro atoms. The molecule has 1 saturated heterocycles. The molecule has 0 aliphatic carbocycles. The van der Waals surface area contributed by atoms with E-state index in [1.165, 1.54) is 4.90 Å². The highest BCUT2D eigenvalue weighted by Crippen LogP contribution is 2.23. The number of hydrogen-bond donors (Lipinski definition) is 1. The zero-order valence-corrected chi connectivity index (χ0v) is 13.4. The number of nitrogens with zero attached hydrogens (tertiary/aromatic N) is 2. The van der Waals surface area contributed by atoms with Gasteiger partial charge in [-0.3, -0.25) is 9.59 Å². The summed E-state index contributed by atoms with van der Waals surface area (Å²) in [6.45, 7) is 4.10. The standard InChI is InChI=1S/C17H25N3O2/c1-13-7-6-8-14(2)20(13)17(22)12-19(16(21)11-18)15-9-4-3-5-10-15/h3-5,9-10,13-14H,6-8,11-12,18H2,1-2H3. The monoisotopic (exact) mass is 303 g/mol. The number of para-hydroxylation sites is 1. The van der Waals surface area contributed by atoms with Crippen molar-refractivity contribution in [3.63, 3.8) is 0 Å². The lowest BCUT2D eigenvalue weighted by atomic mass is 9.97. The van der Waals surface area contributed by atoms with Crippen molar-refractivity contribution in [1.29, 1.82) is 0 Å². The second kappa shape index (κ2) is 7.40. The van der Waals surface area contributed by atoms with Gasteiger partial charge in [0.05, 0.1) is 6.54 Å². The summed E-state index contributed by atoms with van der Waals surface area (Å²) in [5, 5.41) is 0. The minimum atomic E-state index is -0.239. The molecule has 5 heteroatoms. The van der Waals surface area contributed by atoms with Crippen LogP contribution >= 0.6 is 0 Å². The predicted molar refractivity (Wildman–Crippen MR) is 87.5 cm³/mol. The zero-order valence-electron chi connectivity index (χ0n) is 13.4. The molecule has 2 N–H and O–H groups in total. The first-order valence-electron chi connectivity index (χ1n) is 7.91. The minimum Gasteiger partial charge on any atom is -0.336 e. The largest absolute Gasteiger partial charge is 0.336 e. The van der Waals surface area contributed by atoms with Crippen molar-refractivity contribution in [3.05, 3.63) is 30.3 Å². The number of benzene rings is 1. The van der Waals surface area contributed by atoms with Crippen LogP contribution in [0.3, 0.4) is 0 Å². The summed E-state index contributed by atoms with van der Waals surface area (Å²) in [5.74, 6) is -0.248. The summed E-state index contributed by atoms with van der Waals surface area (Å²) in [6, 6.07) is 9.67. The van der Waals surface area contributed by atoms with Gasteiger partial charge in [0, 0.05) is 17.8 Å². The number of likely N-dealkylation sites (tertiary alicyclic amines) is 1. The van der Waals surface area contributed by atoms with Gasteiger partial charge in [-0.2, -0.15) is 0 Å². The van der Waals surface area contributed by atoms with Gasteiger partial charge in [-0.1, -0.05) is 18.2 Å². The number of anilines is 1. The highest BCUT2D eigenvalue weighted by Gasteiger charge is 2.30. The van der Waals surface area contributed by atoms with Crippen LogP contribution in [-0.2, 0) is 9.59 Å². The van der Waals surface area contributed by atoms with Gasteiger partial charge in [-0.05, 0) is 45.2 Å². The number of rotatable bonds is 4. The van der Waals surface area contributed by atoms with Gasteiger partial charge in [0.1, 0.15) is 6.54 Å². The van der Waals surface area contributed by atoms with Gasteiger partial charge in [-0.15, -0.1) is 0 Å². The Morgan fingerprint density at radius 1 is 1.18 bits per heavy atom. The molecule has 1 fully saturated rings. The van der Waals surface area contributed by atoms with Crippen LogP contribution in [0.4, 0.5) is 5.69 Å². The molecule has 0 saturated carbocycles. The van der Waals surface area contributed by atoms with Crippen molar-refractivity contribution >= 4 is 17.5 Å². The number of carbonyl (C=O) groups excluding carboxylic acids is 2. The Bertz CT molecular complexity index is 508. The normalized spacial score (nSPS) is 21.5. The van der Waals surface area contributed by atoms with Crippen molar-refractivity contribution in [2.24, 2.45) is 5.73 Å². The van der Waals surface area contributed by atoms with Crippen LogP contribution in [0.2, 0.25) is 0 Å². The van der Waals surface area contributed by atoms with Crippen LogP contribution < -0.4 is 10.6 Å². The molecule has 5 nitrogen and oxygen atoms in total. The molecule has 2 rings (SSSR count). The number of hydrogen-bond acceptors (Lipinski definition) is 3. The molecule has 2 amide bonds. The number of amides is 2. The van der Waals surface area contributed by atoms with E-state index in [9.17, 15) is 9.59 Å². The molecule has 2 unspecified atom stereocenters. The summed E-state index contributed by atoms with van der Waals surface area (Å²) >= 11 is 0. The van der Waals surface area contributed by atoms with Gasteiger partial charge in [-0.25, -0.2) is 0 Å². The average molecular weight is 303 g/mol. The third-order valence-electron chi connectivity index (χ3n) is 4.32. The van der Waals surface area contributed by atoms with E-state index in [1.807, 2.05) is 35.2 Å². The van der Waals surface area contributed by atoms with E-state index < -0.39 is 0 Å². The van der Waals surface area contributed by atoms with Gasteiger partial charge in [0.25, 0.3) is 0 Å². The summed E-state index contributed by atoms with van der Waals surface area (Å²) in [5.41, 5.74) is 6.21. The Labute approximate surface area is 132 Å². The number of piperidine rings is 1. The minimum absolute atomic E-state index is 0.00893. The van der Waals surface area contributed by atoms with Gasteiger partial charge < -0.3 is 15.5 Å². The third kappa shape index (κ3) is 3.65. The molecular formula is C17H25N3O2. The molecule has 0 bridgehead atoms. The summed E-state index contributed by atoms with van der Waals surface area (Å²) in [4.78, 5) is 28.2. The smallest absolute Gasteiger partial charge is 0.243 e. The van der Waals surface area contributed by atoms with Crippen LogP contribution in [-0.4, -0.2) is 41.9 Å². The van der Waals surface area contributed by atoms with E-state index in [0.717, 1.165) is 19.3 Å². The lowest BCUT2D eigenvalue weighted by Gasteiger charge is -2.40. The second-order valence-electron chi connectivity index (χ2n) is 5.95. The molecule has 1 aliphatic rings. The Hall–Kier alpha value is -1.88. The summed E-state index contributed by atoms with van der Waals surface area (Å²) in [6.07, 6.45) is 3.19. The van der Waals surface area contributed by atoms with E-state index >= 15 is 0 Å². The first kappa shape index (κ1) is 16.5. The van der Waals surface area contributed by atoms with Crippen molar-refractivity contribution in [2.45, 2.75) is 45.2 Å².